The second kappa shape index (κ2) is 15.2. The van der Waals surface area contributed by atoms with Gasteiger partial charge in [0.1, 0.15) is 23.2 Å². The minimum absolute atomic E-state index is 0.00975. The van der Waals surface area contributed by atoms with Crippen LogP contribution in [0.5, 0.6) is 5.75 Å². The van der Waals surface area contributed by atoms with E-state index >= 15 is 0 Å². The summed E-state index contributed by atoms with van der Waals surface area (Å²) in [6, 6.07) is 13.6. The molecule has 224 valence electrons. The number of anilines is 1. The summed E-state index contributed by atoms with van der Waals surface area (Å²) in [7, 11) is 3.99. The molecule has 4 rings (SSSR count). The largest absolute Gasteiger partial charge is 0.573 e. The number of halogens is 3. The van der Waals surface area contributed by atoms with Crippen LogP contribution in [0, 0.1) is 24.7 Å². The first-order chi connectivity index (χ1) is 19.4. The quantitative estimate of drug-likeness (QED) is 0.244. The highest BCUT2D eigenvalue weighted by atomic mass is 19.4. The average Bonchev–Trinajstić information content (AvgIpc) is 2.92. The molecule has 8 heteroatoms. The van der Waals surface area contributed by atoms with Gasteiger partial charge in [-0.05, 0) is 61.4 Å². The van der Waals surface area contributed by atoms with Crippen LogP contribution in [0.1, 0.15) is 76.6 Å². The van der Waals surface area contributed by atoms with Crippen LogP contribution in [0.4, 0.5) is 19.0 Å². The minimum Gasteiger partial charge on any atom is -0.406 e. The number of rotatable bonds is 10. The van der Waals surface area contributed by atoms with E-state index in [1.165, 1.54) is 62.8 Å². The third kappa shape index (κ3) is 10.6. The molecule has 1 aliphatic carbocycles. The van der Waals surface area contributed by atoms with Gasteiger partial charge in [0, 0.05) is 31.8 Å². The Hall–Kier alpha value is -3.16. The third-order valence-electron chi connectivity index (χ3n) is 7.87. The monoisotopic (exact) mass is 571 g/mol. The number of alkyl halides is 3. The maximum atomic E-state index is 12.4. The summed E-state index contributed by atoms with van der Waals surface area (Å²) in [5, 5.41) is 1.10. The van der Waals surface area contributed by atoms with Gasteiger partial charge >= 0.3 is 6.36 Å². The Morgan fingerprint density at radius 3 is 2.17 bits per heavy atom. The summed E-state index contributed by atoms with van der Waals surface area (Å²) in [5.74, 6) is 3.32. The van der Waals surface area contributed by atoms with Crippen molar-refractivity contribution in [2.75, 3.05) is 19.0 Å². The molecule has 41 heavy (non-hydrogen) atoms. The van der Waals surface area contributed by atoms with Gasteiger partial charge in [-0.25, -0.2) is 9.97 Å². The smallest absolute Gasteiger partial charge is 0.406 e. The van der Waals surface area contributed by atoms with E-state index in [9.17, 15) is 18.0 Å². The molecule has 0 saturated heterocycles. The molecule has 1 heterocycles. The number of nitrogens with zero attached hydrogens (tertiary/aromatic N) is 3. The Morgan fingerprint density at radius 1 is 0.976 bits per heavy atom. The van der Waals surface area contributed by atoms with Gasteiger partial charge in [0.2, 0.25) is 0 Å². The minimum atomic E-state index is -4.69. The number of benzene rings is 2. The zero-order valence-corrected chi connectivity index (χ0v) is 25.0. The van der Waals surface area contributed by atoms with E-state index in [1.54, 1.807) is 0 Å². The number of aromatic nitrogens is 2. The predicted molar refractivity (Wildman–Crippen MR) is 159 cm³/mol. The summed E-state index contributed by atoms with van der Waals surface area (Å²) in [6.45, 7) is 6.13. The molecule has 0 amide bonds. The number of Topliss-reactive ketones (excluding diaryl/α,β-unsaturated/α-hetero) is 1. The lowest BCUT2D eigenvalue weighted by molar-refractivity contribution is -0.274. The van der Waals surface area contributed by atoms with Crippen molar-refractivity contribution < 1.29 is 22.7 Å². The van der Waals surface area contributed by atoms with Crippen LogP contribution in [0.3, 0.4) is 0 Å². The average molecular weight is 572 g/mol. The van der Waals surface area contributed by atoms with E-state index in [2.05, 4.69) is 21.6 Å². The van der Waals surface area contributed by atoms with Gasteiger partial charge in [0.25, 0.3) is 0 Å². The number of carbonyl (C=O) groups excluding carboxylic acids is 1. The summed E-state index contributed by atoms with van der Waals surface area (Å²) in [4.78, 5) is 23.2. The first-order valence-corrected chi connectivity index (χ1v) is 14.7. The first-order valence-electron chi connectivity index (χ1n) is 14.7. The summed E-state index contributed by atoms with van der Waals surface area (Å²) in [6.07, 6.45) is 5.40. The lowest BCUT2D eigenvalue weighted by Gasteiger charge is -2.28. The van der Waals surface area contributed by atoms with Crippen LogP contribution in [0.25, 0.3) is 10.9 Å². The second-order valence-corrected chi connectivity index (χ2v) is 11.5. The van der Waals surface area contributed by atoms with Gasteiger partial charge in [-0.2, -0.15) is 0 Å². The fourth-order valence-corrected chi connectivity index (χ4v) is 5.56. The van der Waals surface area contributed by atoms with Crippen molar-refractivity contribution in [2.24, 2.45) is 17.8 Å². The summed E-state index contributed by atoms with van der Waals surface area (Å²) < 4.78 is 40.4. The lowest BCUT2D eigenvalue weighted by atomic mass is 9.77. The van der Waals surface area contributed by atoms with Crippen molar-refractivity contribution in [3.63, 3.8) is 0 Å². The number of hydrogen-bond acceptors (Lipinski definition) is 5. The zero-order valence-electron chi connectivity index (χ0n) is 25.0. The van der Waals surface area contributed by atoms with Gasteiger partial charge in [-0.1, -0.05) is 76.6 Å². The summed E-state index contributed by atoms with van der Waals surface area (Å²) >= 11 is 0. The van der Waals surface area contributed by atoms with Gasteiger partial charge in [-0.3, -0.25) is 4.79 Å². The van der Waals surface area contributed by atoms with E-state index in [1.807, 2.05) is 57.1 Å². The van der Waals surface area contributed by atoms with Crippen molar-refractivity contribution in [3.05, 3.63) is 59.9 Å². The molecular weight excluding hydrogens is 527 g/mol. The maximum Gasteiger partial charge on any atom is 0.573 e. The SMILES string of the molecule is CCCC1CCC(CCC(C)C(=O)Cc2ccc(OC(F)(F)F)cc2)CC1.Cc1nc(N(C)C)c2ccccc2n1. The van der Waals surface area contributed by atoms with Crippen molar-refractivity contribution >= 4 is 22.5 Å². The van der Waals surface area contributed by atoms with Crippen LogP contribution in [-0.4, -0.2) is 36.2 Å². The Bertz CT molecular complexity index is 1240. The molecule has 0 bridgehead atoms. The van der Waals surface area contributed by atoms with E-state index < -0.39 is 6.36 Å². The van der Waals surface area contributed by atoms with Crippen molar-refractivity contribution in [1.29, 1.82) is 0 Å². The molecule has 3 aromatic rings. The number of ketones is 1. The highest BCUT2D eigenvalue weighted by Gasteiger charge is 2.31. The molecule has 1 fully saturated rings. The fraction of sp³-hybridized carbons (Fsp3) is 0.545. The lowest BCUT2D eigenvalue weighted by Crippen LogP contribution is -2.18. The Balaban J connectivity index is 0.000000275. The molecule has 1 atom stereocenters. The van der Waals surface area contributed by atoms with Crippen molar-refractivity contribution in [1.82, 2.24) is 9.97 Å². The van der Waals surface area contributed by atoms with Crippen molar-refractivity contribution in [3.8, 4) is 5.75 Å². The van der Waals surface area contributed by atoms with Crippen LogP contribution < -0.4 is 9.64 Å². The molecule has 0 aliphatic heterocycles. The number of para-hydroxylation sites is 1. The molecule has 0 radical (unpaired) electrons. The Labute approximate surface area is 242 Å². The molecule has 0 spiro atoms. The molecule has 2 aromatic carbocycles. The predicted octanol–water partition coefficient (Wildman–Crippen LogP) is 8.72. The Kier molecular flexibility index (Phi) is 12.0. The van der Waals surface area contributed by atoms with E-state index in [0.717, 1.165) is 52.8 Å². The molecular formula is C33H44F3N3O2. The van der Waals surface area contributed by atoms with Crippen LogP contribution in [0.2, 0.25) is 0 Å². The molecule has 1 saturated carbocycles. The van der Waals surface area contributed by atoms with E-state index in [0.29, 0.717) is 0 Å². The van der Waals surface area contributed by atoms with Gasteiger partial charge < -0.3 is 9.64 Å². The molecule has 1 aromatic heterocycles. The molecule has 0 N–H and O–H groups in total. The topological polar surface area (TPSA) is 55.3 Å². The Morgan fingerprint density at radius 2 is 1.59 bits per heavy atom. The van der Waals surface area contributed by atoms with Gasteiger partial charge in [0.15, 0.2) is 0 Å². The molecule has 5 nitrogen and oxygen atoms in total. The maximum absolute atomic E-state index is 12.4. The van der Waals surface area contributed by atoms with E-state index in [-0.39, 0.29) is 23.9 Å². The normalized spacial score (nSPS) is 17.9. The standard InChI is InChI=1S/C22H31F3O2.C11H13N3/c1-3-4-17-7-9-18(10-8-17)6-5-16(2)21(26)15-19-11-13-20(14-12-19)27-22(23,24)25;1-8-12-10-7-5-4-6-9(10)11(13-8)14(2)3/h11-14,16-18H,3-10,15H2,1-2H3;4-7H,1-3H3. The first kappa shape index (κ1) is 32.4. The van der Waals surface area contributed by atoms with Crippen LogP contribution in [-0.2, 0) is 11.2 Å². The van der Waals surface area contributed by atoms with Crippen LogP contribution >= 0.6 is 0 Å². The van der Waals surface area contributed by atoms with Gasteiger partial charge in [-0.15, -0.1) is 13.2 Å². The van der Waals surface area contributed by atoms with Crippen LogP contribution in [0.15, 0.2) is 48.5 Å². The second-order valence-electron chi connectivity index (χ2n) is 11.5. The number of carbonyl (C=O) groups is 1. The number of fused-ring (bicyclic) bond motifs is 1. The number of hydrogen-bond donors (Lipinski definition) is 0. The summed E-state index contributed by atoms with van der Waals surface area (Å²) in [5.41, 5.74) is 1.73. The fourth-order valence-electron chi connectivity index (χ4n) is 5.56. The molecule has 1 aliphatic rings. The number of aryl methyl sites for hydroxylation is 1. The third-order valence-corrected chi connectivity index (χ3v) is 7.87. The highest BCUT2D eigenvalue weighted by molar-refractivity contribution is 5.89. The number of ether oxygens (including phenoxy) is 1. The van der Waals surface area contributed by atoms with Gasteiger partial charge in [0.05, 0.1) is 5.52 Å². The van der Waals surface area contributed by atoms with E-state index in [4.69, 9.17) is 0 Å². The zero-order chi connectivity index (χ0) is 30.0. The molecule has 1 unspecified atom stereocenters. The van der Waals surface area contributed by atoms with Crippen molar-refractivity contribution in [2.45, 2.75) is 84.9 Å². The highest BCUT2D eigenvalue weighted by Crippen LogP contribution is 2.34.